The van der Waals surface area contributed by atoms with Gasteiger partial charge in [-0.2, -0.15) is 0 Å². The molecular weight excluding hydrogens is 417 g/mol. The predicted molar refractivity (Wildman–Crippen MR) is 114 cm³/mol. The molecule has 1 amide bonds. The molecule has 7 heteroatoms. The van der Waals surface area contributed by atoms with Gasteiger partial charge in [-0.1, -0.05) is 46.9 Å². The van der Waals surface area contributed by atoms with Gasteiger partial charge in [-0.3, -0.25) is 4.79 Å². The van der Waals surface area contributed by atoms with Crippen LogP contribution < -0.4 is 0 Å². The van der Waals surface area contributed by atoms with Crippen molar-refractivity contribution in [2.75, 3.05) is 6.54 Å². The van der Waals surface area contributed by atoms with Gasteiger partial charge in [0.05, 0.1) is 13.1 Å². The van der Waals surface area contributed by atoms with E-state index in [-0.39, 0.29) is 5.91 Å². The van der Waals surface area contributed by atoms with Gasteiger partial charge in [-0.15, -0.1) is 6.58 Å². The molecule has 0 atom stereocenters. The van der Waals surface area contributed by atoms with Gasteiger partial charge in [-0.05, 0) is 42.0 Å². The van der Waals surface area contributed by atoms with Gasteiger partial charge < -0.3 is 9.47 Å². The van der Waals surface area contributed by atoms with E-state index in [1.165, 1.54) is 0 Å². The van der Waals surface area contributed by atoms with Crippen molar-refractivity contribution in [2.45, 2.75) is 13.1 Å². The van der Waals surface area contributed by atoms with E-state index in [4.69, 9.17) is 34.8 Å². The number of rotatable bonds is 7. The summed E-state index contributed by atoms with van der Waals surface area (Å²) in [5, 5.41) is 1.76. The monoisotopic (exact) mass is 433 g/mol. The molecule has 4 nitrogen and oxygen atoms in total. The lowest BCUT2D eigenvalue weighted by Crippen LogP contribution is -2.32. The quantitative estimate of drug-likeness (QED) is 0.446. The van der Waals surface area contributed by atoms with E-state index in [1.807, 2.05) is 16.8 Å². The van der Waals surface area contributed by atoms with Crippen molar-refractivity contribution >= 4 is 40.7 Å². The maximum atomic E-state index is 12.9. The van der Waals surface area contributed by atoms with Crippen LogP contribution in [0.15, 0.2) is 67.5 Å². The molecule has 0 spiro atoms. The number of carbonyl (C=O) groups is 1. The molecule has 0 radical (unpaired) electrons. The van der Waals surface area contributed by atoms with Gasteiger partial charge >= 0.3 is 0 Å². The Morgan fingerprint density at radius 1 is 1.11 bits per heavy atom. The number of aromatic nitrogens is 2. The summed E-state index contributed by atoms with van der Waals surface area (Å²) in [6.07, 6.45) is 5.26. The van der Waals surface area contributed by atoms with Crippen molar-refractivity contribution < 1.29 is 4.79 Å². The third-order valence-electron chi connectivity index (χ3n) is 4.22. The molecule has 1 aromatic heterocycles. The number of hydrogen-bond acceptors (Lipinski definition) is 2. The smallest absolute Gasteiger partial charge is 0.254 e. The molecule has 0 aliphatic rings. The Labute approximate surface area is 179 Å². The van der Waals surface area contributed by atoms with Crippen molar-refractivity contribution in [3.05, 3.63) is 99.5 Å². The van der Waals surface area contributed by atoms with Gasteiger partial charge in [0, 0.05) is 39.6 Å². The van der Waals surface area contributed by atoms with Crippen molar-refractivity contribution in [1.29, 1.82) is 0 Å². The summed E-state index contributed by atoms with van der Waals surface area (Å²) < 4.78 is 1.96. The highest BCUT2D eigenvalue weighted by Crippen LogP contribution is 2.22. The molecule has 0 fully saturated rings. The van der Waals surface area contributed by atoms with Gasteiger partial charge in [0.2, 0.25) is 0 Å². The van der Waals surface area contributed by atoms with Gasteiger partial charge in [0.25, 0.3) is 5.91 Å². The minimum atomic E-state index is -0.115. The second kappa shape index (κ2) is 9.28. The summed E-state index contributed by atoms with van der Waals surface area (Å²) in [7, 11) is 0. The van der Waals surface area contributed by atoms with E-state index < -0.39 is 0 Å². The lowest BCUT2D eigenvalue weighted by molar-refractivity contribution is 0.0757. The molecule has 0 saturated heterocycles. The minimum Gasteiger partial charge on any atom is -0.329 e. The zero-order chi connectivity index (χ0) is 20.1. The molecule has 0 unspecified atom stereocenters. The second-order valence-electron chi connectivity index (χ2n) is 6.19. The van der Waals surface area contributed by atoms with Crippen LogP contribution in [0.3, 0.4) is 0 Å². The Hall–Kier alpha value is -2.27. The van der Waals surface area contributed by atoms with Crippen LogP contribution in [0.25, 0.3) is 0 Å². The molecule has 144 valence electrons. The molecular formula is C21H18Cl3N3O. The SMILES string of the molecule is C=CCN(Cc1nccn1Cc1ccc(Cl)cc1Cl)C(=O)c1ccc(Cl)cc1. The summed E-state index contributed by atoms with van der Waals surface area (Å²) >= 11 is 18.2. The zero-order valence-electron chi connectivity index (χ0n) is 15.0. The molecule has 1 heterocycles. The molecule has 0 bridgehead atoms. The molecule has 0 aliphatic heterocycles. The Morgan fingerprint density at radius 2 is 1.82 bits per heavy atom. The van der Waals surface area contributed by atoms with E-state index in [2.05, 4.69) is 11.6 Å². The molecule has 2 aromatic carbocycles. The largest absolute Gasteiger partial charge is 0.329 e. The number of nitrogens with zero attached hydrogens (tertiary/aromatic N) is 3. The summed E-state index contributed by atoms with van der Waals surface area (Å²) in [6.45, 7) is 5.03. The van der Waals surface area contributed by atoms with E-state index in [9.17, 15) is 4.79 Å². The number of carbonyl (C=O) groups excluding carboxylic acids is 1. The van der Waals surface area contributed by atoms with E-state index in [0.29, 0.717) is 40.3 Å². The third kappa shape index (κ3) is 4.96. The fourth-order valence-corrected chi connectivity index (χ4v) is 3.38. The number of benzene rings is 2. The number of amides is 1. The molecule has 0 saturated carbocycles. The lowest BCUT2D eigenvalue weighted by atomic mass is 10.2. The fraction of sp³-hybridized carbons (Fsp3) is 0.143. The Bertz CT molecular complexity index is 983. The normalized spacial score (nSPS) is 10.7. The van der Waals surface area contributed by atoms with Crippen LogP contribution in [0.5, 0.6) is 0 Å². The Balaban J connectivity index is 1.80. The van der Waals surface area contributed by atoms with Gasteiger partial charge in [0.15, 0.2) is 0 Å². The first kappa shape index (κ1) is 20.5. The standard InChI is InChI=1S/C21H18Cl3N3O/c1-2-10-27(21(28)15-3-6-17(22)7-4-15)14-20-25-9-11-26(20)13-16-5-8-18(23)12-19(16)24/h2-9,11-12H,1,10,13-14H2. The van der Waals surface area contributed by atoms with Crippen LogP contribution >= 0.6 is 34.8 Å². The fourth-order valence-electron chi connectivity index (χ4n) is 2.79. The predicted octanol–water partition coefficient (Wildman–Crippen LogP) is 5.72. The molecule has 0 aliphatic carbocycles. The van der Waals surface area contributed by atoms with Crippen molar-refractivity contribution in [1.82, 2.24) is 14.5 Å². The summed E-state index contributed by atoms with van der Waals surface area (Å²) in [5.74, 6) is 0.630. The average molecular weight is 435 g/mol. The van der Waals surface area contributed by atoms with Crippen molar-refractivity contribution in [3.8, 4) is 0 Å². The van der Waals surface area contributed by atoms with Gasteiger partial charge in [0.1, 0.15) is 5.82 Å². The van der Waals surface area contributed by atoms with Crippen molar-refractivity contribution in [2.24, 2.45) is 0 Å². The third-order valence-corrected chi connectivity index (χ3v) is 5.06. The molecule has 28 heavy (non-hydrogen) atoms. The number of hydrogen-bond donors (Lipinski definition) is 0. The first-order chi connectivity index (χ1) is 13.5. The molecule has 3 rings (SSSR count). The van der Waals surface area contributed by atoms with Gasteiger partial charge in [-0.25, -0.2) is 4.98 Å². The van der Waals surface area contributed by atoms with Crippen LogP contribution in [-0.4, -0.2) is 26.9 Å². The highest BCUT2D eigenvalue weighted by atomic mass is 35.5. The van der Waals surface area contributed by atoms with Crippen LogP contribution in [0.4, 0.5) is 0 Å². The van der Waals surface area contributed by atoms with E-state index in [1.54, 1.807) is 53.6 Å². The zero-order valence-corrected chi connectivity index (χ0v) is 17.3. The van der Waals surface area contributed by atoms with Crippen LogP contribution in [-0.2, 0) is 13.1 Å². The molecule has 0 N–H and O–H groups in total. The van der Waals surface area contributed by atoms with Crippen LogP contribution in [0, 0.1) is 0 Å². The number of halogens is 3. The number of imidazole rings is 1. The summed E-state index contributed by atoms with van der Waals surface area (Å²) in [6, 6.07) is 12.2. The Morgan fingerprint density at radius 3 is 2.50 bits per heavy atom. The average Bonchev–Trinajstić information content (AvgIpc) is 3.10. The van der Waals surface area contributed by atoms with Crippen LogP contribution in [0.2, 0.25) is 15.1 Å². The van der Waals surface area contributed by atoms with Crippen molar-refractivity contribution in [3.63, 3.8) is 0 Å². The minimum absolute atomic E-state index is 0.115. The maximum Gasteiger partial charge on any atom is 0.254 e. The van der Waals surface area contributed by atoms with E-state index in [0.717, 1.165) is 11.4 Å². The lowest BCUT2D eigenvalue weighted by Gasteiger charge is -2.21. The molecule has 3 aromatic rings. The summed E-state index contributed by atoms with van der Waals surface area (Å²) in [5.41, 5.74) is 1.48. The highest BCUT2D eigenvalue weighted by Gasteiger charge is 2.18. The summed E-state index contributed by atoms with van der Waals surface area (Å²) in [4.78, 5) is 19.0. The van der Waals surface area contributed by atoms with E-state index >= 15 is 0 Å². The first-order valence-corrected chi connectivity index (χ1v) is 9.71. The second-order valence-corrected chi connectivity index (χ2v) is 7.47. The Kier molecular flexibility index (Phi) is 6.79. The van der Waals surface area contributed by atoms with Crippen LogP contribution in [0.1, 0.15) is 21.7 Å². The highest BCUT2D eigenvalue weighted by molar-refractivity contribution is 6.35. The first-order valence-electron chi connectivity index (χ1n) is 8.57. The topological polar surface area (TPSA) is 38.1 Å². The maximum absolute atomic E-state index is 12.9.